The van der Waals surface area contributed by atoms with Crippen molar-refractivity contribution in [1.82, 2.24) is 9.38 Å². The fraction of sp³-hybridized carbons (Fsp3) is 0.235. The van der Waals surface area contributed by atoms with Crippen molar-refractivity contribution in [2.45, 2.75) is 26.7 Å². The normalized spacial score (nSPS) is 11.9. The lowest BCUT2D eigenvalue weighted by Gasteiger charge is -2.02. The predicted octanol–water partition coefficient (Wildman–Crippen LogP) is 5.94. The molecule has 2 heterocycles. The minimum absolute atomic E-state index is 0.289. The Morgan fingerprint density at radius 2 is 1.95 bits per heavy atom. The molecule has 0 aliphatic rings. The SMILES string of the molecule is Cc1ccc2nc(C(C)C)c(N=Nc3cccc(Br)c3)n2c1. The van der Waals surface area contributed by atoms with Crippen LogP contribution in [0.1, 0.15) is 31.0 Å². The summed E-state index contributed by atoms with van der Waals surface area (Å²) in [5, 5.41) is 8.84. The summed E-state index contributed by atoms with van der Waals surface area (Å²) >= 11 is 3.45. The number of fused-ring (bicyclic) bond motifs is 1. The molecule has 112 valence electrons. The van der Waals surface area contributed by atoms with E-state index in [1.807, 2.05) is 40.9 Å². The molecule has 3 aromatic rings. The number of nitrogens with zero attached hydrogens (tertiary/aromatic N) is 4. The number of azo groups is 1. The van der Waals surface area contributed by atoms with Crippen LogP contribution in [0.4, 0.5) is 11.5 Å². The van der Waals surface area contributed by atoms with E-state index in [9.17, 15) is 0 Å². The summed E-state index contributed by atoms with van der Waals surface area (Å²) in [6, 6.07) is 11.8. The van der Waals surface area contributed by atoms with Gasteiger partial charge in [-0.25, -0.2) is 4.98 Å². The Balaban J connectivity index is 2.12. The Morgan fingerprint density at radius 3 is 2.68 bits per heavy atom. The van der Waals surface area contributed by atoms with Crippen LogP contribution in [0.15, 0.2) is 57.3 Å². The fourth-order valence-electron chi connectivity index (χ4n) is 2.29. The van der Waals surface area contributed by atoms with Crippen molar-refractivity contribution in [2.75, 3.05) is 0 Å². The molecule has 3 rings (SSSR count). The third-order valence-corrected chi connectivity index (χ3v) is 3.88. The molecule has 0 bridgehead atoms. The fourth-order valence-corrected chi connectivity index (χ4v) is 2.67. The lowest BCUT2D eigenvalue weighted by atomic mass is 10.1. The van der Waals surface area contributed by atoms with Gasteiger partial charge < -0.3 is 0 Å². The van der Waals surface area contributed by atoms with Crippen LogP contribution in [0, 0.1) is 6.92 Å². The van der Waals surface area contributed by atoms with Crippen LogP contribution in [0.5, 0.6) is 0 Å². The number of hydrogen-bond donors (Lipinski definition) is 0. The lowest BCUT2D eigenvalue weighted by Crippen LogP contribution is -1.88. The number of aryl methyl sites for hydroxylation is 1. The molecule has 0 saturated heterocycles. The monoisotopic (exact) mass is 356 g/mol. The van der Waals surface area contributed by atoms with Gasteiger partial charge in [0.1, 0.15) is 5.65 Å². The molecule has 0 saturated carbocycles. The minimum atomic E-state index is 0.289. The van der Waals surface area contributed by atoms with E-state index in [1.54, 1.807) is 0 Å². The van der Waals surface area contributed by atoms with Crippen molar-refractivity contribution >= 4 is 33.1 Å². The molecule has 22 heavy (non-hydrogen) atoms. The van der Waals surface area contributed by atoms with E-state index in [2.05, 4.69) is 58.0 Å². The third kappa shape index (κ3) is 2.95. The van der Waals surface area contributed by atoms with Crippen molar-refractivity contribution in [2.24, 2.45) is 10.2 Å². The Hall–Kier alpha value is -2.01. The highest BCUT2D eigenvalue weighted by Gasteiger charge is 2.15. The van der Waals surface area contributed by atoms with E-state index in [1.165, 1.54) is 5.56 Å². The number of hydrogen-bond acceptors (Lipinski definition) is 3. The van der Waals surface area contributed by atoms with Crippen molar-refractivity contribution in [3.63, 3.8) is 0 Å². The van der Waals surface area contributed by atoms with Gasteiger partial charge in [0.15, 0.2) is 5.82 Å². The summed E-state index contributed by atoms with van der Waals surface area (Å²) < 4.78 is 2.99. The van der Waals surface area contributed by atoms with Crippen molar-refractivity contribution in [3.05, 3.63) is 58.3 Å². The first-order valence-electron chi connectivity index (χ1n) is 7.20. The quantitative estimate of drug-likeness (QED) is 0.535. The number of halogens is 1. The standard InChI is InChI=1S/C17H17BrN4/c1-11(2)16-17(21-20-14-6-4-5-13(18)9-14)22-10-12(3)7-8-15(22)19-16/h4-11H,1-3H3. The maximum absolute atomic E-state index is 4.68. The average molecular weight is 357 g/mol. The molecular weight excluding hydrogens is 340 g/mol. The van der Waals surface area contributed by atoms with Crippen molar-refractivity contribution in [3.8, 4) is 0 Å². The van der Waals surface area contributed by atoms with Crippen LogP contribution in [-0.2, 0) is 0 Å². The van der Waals surface area contributed by atoms with E-state index in [0.717, 1.165) is 27.3 Å². The molecule has 4 nitrogen and oxygen atoms in total. The van der Waals surface area contributed by atoms with Gasteiger partial charge in [0.2, 0.25) is 0 Å². The molecule has 2 aromatic heterocycles. The molecule has 0 aliphatic heterocycles. The highest BCUT2D eigenvalue weighted by molar-refractivity contribution is 9.10. The van der Waals surface area contributed by atoms with Gasteiger partial charge in [0.25, 0.3) is 0 Å². The Labute approximate surface area is 138 Å². The van der Waals surface area contributed by atoms with Gasteiger partial charge in [0.05, 0.1) is 11.4 Å². The first-order valence-corrected chi connectivity index (χ1v) is 8.00. The van der Waals surface area contributed by atoms with Gasteiger partial charge in [-0.3, -0.25) is 4.40 Å². The second kappa shape index (κ2) is 6.01. The van der Waals surface area contributed by atoms with Crippen LogP contribution in [0.3, 0.4) is 0 Å². The Morgan fingerprint density at radius 1 is 1.14 bits per heavy atom. The van der Waals surface area contributed by atoms with E-state index >= 15 is 0 Å². The minimum Gasteiger partial charge on any atom is -0.283 e. The highest BCUT2D eigenvalue weighted by Crippen LogP contribution is 2.30. The Kier molecular flexibility index (Phi) is 4.07. The second-order valence-corrected chi connectivity index (χ2v) is 6.51. The van der Waals surface area contributed by atoms with Gasteiger partial charge >= 0.3 is 0 Å². The topological polar surface area (TPSA) is 42.0 Å². The van der Waals surface area contributed by atoms with E-state index in [4.69, 9.17) is 0 Å². The number of imidazole rings is 1. The number of rotatable bonds is 3. The number of benzene rings is 1. The summed E-state index contributed by atoms with van der Waals surface area (Å²) in [6.45, 7) is 6.29. The molecule has 0 aliphatic carbocycles. The summed E-state index contributed by atoms with van der Waals surface area (Å²) in [7, 11) is 0. The van der Waals surface area contributed by atoms with Crippen LogP contribution in [0.2, 0.25) is 0 Å². The zero-order valence-corrected chi connectivity index (χ0v) is 14.4. The van der Waals surface area contributed by atoms with Gasteiger partial charge in [-0.1, -0.05) is 41.9 Å². The first kappa shape index (κ1) is 14.9. The molecule has 0 amide bonds. The lowest BCUT2D eigenvalue weighted by molar-refractivity contribution is 0.831. The average Bonchev–Trinajstić information content (AvgIpc) is 2.83. The molecule has 0 spiro atoms. The van der Waals surface area contributed by atoms with E-state index < -0.39 is 0 Å². The zero-order chi connectivity index (χ0) is 15.7. The van der Waals surface area contributed by atoms with Gasteiger partial charge in [-0.05, 0) is 42.7 Å². The number of aromatic nitrogens is 2. The van der Waals surface area contributed by atoms with Crippen LogP contribution >= 0.6 is 15.9 Å². The Bertz CT molecular complexity index is 849. The third-order valence-electron chi connectivity index (χ3n) is 3.38. The largest absolute Gasteiger partial charge is 0.283 e. The van der Waals surface area contributed by atoms with Crippen LogP contribution < -0.4 is 0 Å². The van der Waals surface area contributed by atoms with Crippen molar-refractivity contribution < 1.29 is 0 Å². The maximum Gasteiger partial charge on any atom is 0.183 e. The van der Waals surface area contributed by atoms with Gasteiger partial charge in [-0.15, -0.1) is 10.2 Å². The van der Waals surface area contributed by atoms with Crippen LogP contribution in [0.25, 0.3) is 5.65 Å². The molecule has 5 heteroatoms. The predicted molar refractivity (Wildman–Crippen MR) is 92.3 cm³/mol. The van der Waals surface area contributed by atoms with Crippen LogP contribution in [-0.4, -0.2) is 9.38 Å². The van der Waals surface area contributed by atoms with Gasteiger partial charge in [0, 0.05) is 10.7 Å². The zero-order valence-electron chi connectivity index (χ0n) is 12.8. The van der Waals surface area contributed by atoms with E-state index in [-0.39, 0.29) is 5.92 Å². The summed E-state index contributed by atoms with van der Waals surface area (Å²) in [6.07, 6.45) is 2.05. The molecule has 0 N–H and O–H groups in total. The maximum atomic E-state index is 4.68. The van der Waals surface area contributed by atoms with E-state index in [0.29, 0.717) is 0 Å². The summed E-state index contributed by atoms with van der Waals surface area (Å²) in [4.78, 5) is 4.68. The highest BCUT2D eigenvalue weighted by atomic mass is 79.9. The molecular formula is C17H17BrN4. The summed E-state index contributed by atoms with van der Waals surface area (Å²) in [5.41, 5.74) is 3.84. The number of pyridine rings is 1. The molecule has 0 radical (unpaired) electrons. The summed E-state index contributed by atoms with van der Waals surface area (Å²) in [5.74, 6) is 1.09. The van der Waals surface area contributed by atoms with Crippen molar-refractivity contribution in [1.29, 1.82) is 0 Å². The molecule has 0 unspecified atom stereocenters. The molecule has 0 atom stereocenters. The smallest absolute Gasteiger partial charge is 0.183 e. The first-order chi connectivity index (χ1) is 10.5. The molecule has 0 fully saturated rings. The molecule has 1 aromatic carbocycles. The second-order valence-electron chi connectivity index (χ2n) is 5.59. The van der Waals surface area contributed by atoms with Gasteiger partial charge in [-0.2, -0.15) is 0 Å².